The van der Waals surface area contributed by atoms with E-state index in [-0.39, 0.29) is 17.9 Å². The molecule has 10 heteroatoms. The lowest BCUT2D eigenvalue weighted by molar-refractivity contribution is -0.114. The van der Waals surface area contributed by atoms with Crippen LogP contribution in [0.15, 0.2) is 72.9 Å². The number of pyridine rings is 1. The Morgan fingerprint density at radius 1 is 0.923 bits per heavy atom. The standard InChI is InChI=1S/C29H28N8O2/c1-21(38)31-25-10-6-7-22(19-25)11-12-23-13-14-30-26(20-23)29(39)37-17-15-36(16-18-37)27(24-8-4-3-5-9-24)28-32-34-35(2)33-28/h3-10,13-14,19-20,27H,15-18H2,1-2H3,(H,31,38). The average molecular weight is 521 g/mol. The van der Waals surface area contributed by atoms with Gasteiger partial charge in [-0.15, -0.1) is 10.2 Å². The molecule has 0 bridgehead atoms. The number of rotatable bonds is 5. The highest BCUT2D eigenvalue weighted by Crippen LogP contribution is 2.27. The minimum absolute atomic E-state index is 0.125. The summed E-state index contributed by atoms with van der Waals surface area (Å²) in [7, 11) is 1.75. The van der Waals surface area contributed by atoms with Crippen LogP contribution in [0, 0.1) is 11.8 Å². The number of carbonyl (C=O) groups is 2. The van der Waals surface area contributed by atoms with Gasteiger partial charge in [-0.1, -0.05) is 48.2 Å². The van der Waals surface area contributed by atoms with Crippen molar-refractivity contribution in [3.05, 3.63) is 101 Å². The summed E-state index contributed by atoms with van der Waals surface area (Å²) >= 11 is 0. The molecule has 0 saturated carbocycles. The van der Waals surface area contributed by atoms with Crippen molar-refractivity contribution in [2.45, 2.75) is 13.0 Å². The SMILES string of the molecule is CC(=O)Nc1cccc(C#Cc2ccnc(C(=O)N3CCN(C(c4ccccc4)c4nnn(C)n4)CC3)c2)c1. The second kappa shape index (κ2) is 11.7. The minimum Gasteiger partial charge on any atom is -0.335 e. The van der Waals surface area contributed by atoms with Crippen molar-refractivity contribution >= 4 is 17.5 Å². The molecule has 0 aliphatic carbocycles. The predicted molar refractivity (Wildman–Crippen MR) is 146 cm³/mol. The van der Waals surface area contributed by atoms with Gasteiger partial charge in [0.1, 0.15) is 5.69 Å². The van der Waals surface area contributed by atoms with Gasteiger partial charge in [-0.05, 0) is 41.1 Å². The largest absolute Gasteiger partial charge is 0.335 e. The van der Waals surface area contributed by atoms with Crippen molar-refractivity contribution in [1.29, 1.82) is 0 Å². The number of hydrogen-bond acceptors (Lipinski definition) is 7. The Balaban J connectivity index is 1.27. The molecule has 1 unspecified atom stereocenters. The van der Waals surface area contributed by atoms with Gasteiger partial charge in [0, 0.05) is 56.1 Å². The van der Waals surface area contributed by atoms with Crippen LogP contribution in [0.4, 0.5) is 5.69 Å². The number of piperazine rings is 1. The molecule has 1 N–H and O–H groups in total. The highest BCUT2D eigenvalue weighted by atomic mass is 16.2. The summed E-state index contributed by atoms with van der Waals surface area (Å²) in [4.78, 5) is 34.5. The highest BCUT2D eigenvalue weighted by molar-refractivity contribution is 5.92. The summed E-state index contributed by atoms with van der Waals surface area (Å²) in [5.74, 6) is 6.56. The third-order valence-electron chi connectivity index (χ3n) is 6.36. The number of benzene rings is 2. The molecule has 5 rings (SSSR count). The Kier molecular flexibility index (Phi) is 7.70. The predicted octanol–water partition coefficient (Wildman–Crippen LogP) is 2.51. The van der Waals surface area contributed by atoms with Crippen LogP contribution in [-0.4, -0.2) is 73.0 Å². The maximum Gasteiger partial charge on any atom is 0.272 e. The van der Waals surface area contributed by atoms with Gasteiger partial charge in [-0.3, -0.25) is 19.5 Å². The van der Waals surface area contributed by atoms with Gasteiger partial charge >= 0.3 is 0 Å². The summed E-state index contributed by atoms with van der Waals surface area (Å²) in [5, 5.41) is 15.5. The summed E-state index contributed by atoms with van der Waals surface area (Å²) in [6.07, 6.45) is 1.60. The molecule has 0 spiro atoms. The molecule has 1 atom stereocenters. The molecule has 2 aromatic carbocycles. The molecule has 4 aromatic rings. The lowest BCUT2D eigenvalue weighted by Gasteiger charge is -2.38. The van der Waals surface area contributed by atoms with E-state index in [1.165, 1.54) is 11.7 Å². The highest BCUT2D eigenvalue weighted by Gasteiger charge is 2.31. The number of hydrogen-bond donors (Lipinski definition) is 1. The first-order valence-electron chi connectivity index (χ1n) is 12.6. The molecular formula is C29H28N8O2. The van der Waals surface area contributed by atoms with Crippen molar-refractivity contribution in [1.82, 2.24) is 35.0 Å². The van der Waals surface area contributed by atoms with E-state index >= 15 is 0 Å². The third kappa shape index (κ3) is 6.34. The van der Waals surface area contributed by atoms with E-state index in [0.29, 0.717) is 48.9 Å². The Hall–Kier alpha value is -4.88. The van der Waals surface area contributed by atoms with E-state index in [2.05, 4.69) is 54.6 Å². The zero-order valence-electron chi connectivity index (χ0n) is 21.8. The molecule has 10 nitrogen and oxygen atoms in total. The van der Waals surface area contributed by atoms with Crippen LogP contribution in [0.5, 0.6) is 0 Å². The van der Waals surface area contributed by atoms with Gasteiger partial charge < -0.3 is 10.2 Å². The van der Waals surface area contributed by atoms with Crippen LogP contribution in [0.3, 0.4) is 0 Å². The van der Waals surface area contributed by atoms with E-state index in [1.807, 2.05) is 35.2 Å². The van der Waals surface area contributed by atoms with Crippen LogP contribution >= 0.6 is 0 Å². The first-order chi connectivity index (χ1) is 19.0. The number of nitrogens with zero attached hydrogens (tertiary/aromatic N) is 7. The fraction of sp³-hybridized carbons (Fsp3) is 0.241. The van der Waals surface area contributed by atoms with Gasteiger partial charge in [0.15, 0.2) is 5.82 Å². The maximum atomic E-state index is 13.3. The average Bonchev–Trinajstić information content (AvgIpc) is 3.38. The number of nitrogens with one attached hydrogen (secondary N) is 1. The number of carbonyl (C=O) groups excluding carboxylic acids is 2. The molecule has 3 heterocycles. The lowest BCUT2D eigenvalue weighted by Crippen LogP contribution is -2.50. The number of anilines is 1. The van der Waals surface area contributed by atoms with Crippen LogP contribution in [0.1, 0.15) is 46.0 Å². The van der Waals surface area contributed by atoms with Crippen LogP contribution in [-0.2, 0) is 11.8 Å². The van der Waals surface area contributed by atoms with E-state index in [1.54, 1.807) is 37.5 Å². The van der Waals surface area contributed by atoms with Crippen molar-refractivity contribution in [2.24, 2.45) is 7.05 Å². The molecule has 1 fully saturated rings. The fourth-order valence-electron chi connectivity index (χ4n) is 4.56. The fourth-order valence-corrected chi connectivity index (χ4v) is 4.56. The van der Waals surface area contributed by atoms with Crippen molar-refractivity contribution in [3.63, 3.8) is 0 Å². The van der Waals surface area contributed by atoms with Crippen LogP contribution in [0.25, 0.3) is 0 Å². The van der Waals surface area contributed by atoms with Crippen molar-refractivity contribution in [3.8, 4) is 11.8 Å². The van der Waals surface area contributed by atoms with Crippen LogP contribution < -0.4 is 5.32 Å². The number of amides is 2. The van der Waals surface area contributed by atoms with E-state index in [4.69, 9.17) is 0 Å². The van der Waals surface area contributed by atoms with Crippen LogP contribution in [0.2, 0.25) is 0 Å². The molecule has 1 aliphatic rings. The quantitative estimate of drug-likeness (QED) is 0.403. The van der Waals surface area contributed by atoms with Gasteiger partial charge in [0.2, 0.25) is 5.91 Å². The minimum atomic E-state index is -0.141. The summed E-state index contributed by atoms with van der Waals surface area (Å²) in [6.45, 7) is 3.89. The first-order valence-corrected chi connectivity index (χ1v) is 12.6. The Bertz CT molecular complexity index is 1530. The van der Waals surface area contributed by atoms with Gasteiger partial charge in [-0.2, -0.15) is 4.80 Å². The lowest BCUT2D eigenvalue weighted by atomic mass is 10.0. The molecule has 1 saturated heterocycles. The van der Waals surface area contributed by atoms with E-state index in [9.17, 15) is 9.59 Å². The summed E-state index contributed by atoms with van der Waals surface area (Å²) in [6, 6.07) is 20.8. The van der Waals surface area contributed by atoms with Gasteiger partial charge in [0.25, 0.3) is 5.91 Å². The number of aryl methyl sites for hydroxylation is 1. The summed E-state index contributed by atoms with van der Waals surface area (Å²) in [5.41, 5.74) is 3.57. The second-order valence-electron chi connectivity index (χ2n) is 9.22. The molecule has 196 valence electrons. The number of tetrazole rings is 1. The number of aromatic nitrogens is 5. The van der Waals surface area contributed by atoms with Gasteiger partial charge in [-0.25, -0.2) is 0 Å². The zero-order valence-corrected chi connectivity index (χ0v) is 21.8. The molecule has 2 aromatic heterocycles. The Morgan fingerprint density at radius 2 is 1.67 bits per heavy atom. The molecule has 1 aliphatic heterocycles. The normalized spacial score (nSPS) is 14.3. The molecule has 39 heavy (non-hydrogen) atoms. The maximum absolute atomic E-state index is 13.3. The smallest absolute Gasteiger partial charge is 0.272 e. The first kappa shape index (κ1) is 25.8. The Morgan fingerprint density at radius 3 is 2.36 bits per heavy atom. The van der Waals surface area contributed by atoms with Gasteiger partial charge in [0.05, 0.1) is 13.1 Å². The Labute approximate surface area is 226 Å². The monoisotopic (exact) mass is 520 g/mol. The van der Waals surface area contributed by atoms with E-state index in [0.717, 1.165) is 11.1 Å². The summed E-state index contributed by atoms with van der Waals surface area (Å²) < 4.78 is 0. The molecule has 2 amide bonds. The van der Waals surface area contributed by atoms with E-state index < -0.39 is 0 Å². The second-order valence-corrected chi connectivity index (χ2v) is 9.22. The third-order valence-corrected chi connectivity index (χ3v) is 6.36. The van der Waals surface area contributed by atoms with Crippen molar-refractivity contribution in [2.75, 3.05) is 31.5 Å². The topological polar surface area (TPSA) is 109 Å². The zero-order chi connectivity index (χ0) is 27.2. The molecule has 0 radical (unpaired) electrons. The molecular weight excluding hydrogens is 492 g/mol. The van der Waals surface area contributed by atoms with Crippen molar-refractivity contribution < 1.29 is 9.59 Å².